The number of hydrogen-bond donors (Lipinski definition) is 1. The van der Waals surface area contributed by atoms with Crippen molar-refractivity contribution in [2.24, 2.45) is 0 Å². The molecule has 0 unspecified atom stereocenters. The number of nitrogens with zero attached hydrogens (tertiary/aromatic N) is 3. The summed E-state index contributed by atoms with van der Waals surface area (Å²) in [5, 5.41) is 0. The minimum atomic E-state index is 0.600. The first kappa shape index (κ1) is 11.0. The van der Waals surface area contributed by atoms with Crippen LogP contribution in [-0.2, 0) is 6.54 Å². The van der Waals surface area contributed by atoms with Crippen LogP contribution in [0.2, 0.25) is 0 Å². The Morgan fingerprint density at radius 2 is 2.17 bits per heavy atom. The zero-order valence-electron chi connectivity index (χ0n) is 10.2. The van der Waals surface area contributed by atoms with Crippen molar-refractivity contribution in [1.82, 2.24) is 9.97 Å². The fraction of sp³-hybridized carbons (Fsp3) is 0.286. The molecule has 0 radical (unpaired) electrons. The molecule has 1 aliphatic carbocycles. The van der Waals surface area contributed by atoms with Crippen molar-refractivity contribution in [2.45, 2.75) is 25.4 Å². The van der Waals surface area contributed by atoms with Crippen LogP contribution in [0.15, 0.2) is 42.9 Å². The number of benzene rings is 1. The van der Waals surface area contributed by atoms with Crippen molar-refractivity contribution in [3.63, 3.8) is 0 Å². The van der Waals surface area contributed by atoms with Crippen LogP contribution < -0.4 is 10.6 Å². The maximum absolute atomic E-state index is 5.82. The molecule has 92 valence electrons. The number of nitrogen functional groups attached to an aromatic ring is 1. The Morgan fingerprint density at radius 3 is 2.83 bits per heavy atom. The van der Waals surface area contributed by atoms with Crippen molar-refractivity contribution in [3.8, 4) is 0 Å². The molecule has 4 nitrogen and oxygen atoms in total. The van der Waals surface area contributed by atoms with Crippen LogP contribution in [-0.4, -0.2) is 16.0 Å². The second kappa shape index (κ2) is 4.64. The van der Waals surface area contributed by atoms with Gasteiger partial charge in [0.1, 0.15) is 5.82 Å². The number of nitrogens with two attached hydrogens (primary N) is 1. The van der Waals surface area contributed by atoms with Crippen LogP contribution >= 0.6 is 0 Å². The summed E-state index contributed by atoms with van der Waals surface area (Å²) in [6.45, 7) is 0.842. The molecule has 0 saturated heterocycles. The highest BCUT2D eigenvalue weighted by molar-refractivity contribution is 5.44. The lowest BCUT2D eigenvalue weighted by Gasteiger charge is -2.23. The van der Waals surface area contributed by atoms with E-state index >= 15 is 0 Å². The molecule has 1 aliphatic rings. The second-order valence-electron chi connectivity index (χ2n) is 4.67. The molecule has 0 amide bonds. The van der Waals surface area contributed by atoms with E-state index in [0.717, 1.165) is 18.1 Å². The summed E-state index contributed by atoms with van der Waals surface area (Å²) in [4.78, 5) is 10.8. The lowest BCUT2D eigenvalue weighted by molar-refractivity contribution is 0.774. The summed E-state index contributed by atoms with van der Waals surface area (Å²) < 4.78 is 0. The van der Waals surface area contributed by atoms with E-state index in [-0.39, 0.29) is 0 Å². The summed E-state index contributed by atoms with van der Waals surface area (Å²) in [6.07, 6.45) is 7.74. The highest BCUT2D eigenvalue weighted by Gasteiger charge is 2.30. The molecule has 1 aromatic carbocycles. The molecule has 1 fully saturated rings. The smallest absolute Gasteiger partial charge is 0.147 e. The molecule has 18 heavy (non-hydrogen) atoms. The average Bonchev–Trinajstić information content (AvgIpc) is 3.21. The fourth-order valence-electron chi connectivity index (χ4n) is 2.11. The quantitative estimate of drug-likeness (QED) is 0.833. The van der Waals surface area contributed by atoms with Gasteiger partial charge in [-0.15, -0.1) is 0 Å². The van der Waals surface area contributed by atoms with Gasteiger partial charge < -0.3 is 10.6 Å². The van der Waals surface area contributed by atoms with E-state index in [1.165, 1.54) is 18.4 Å². The van der Waals surface area contributed by atoms with E-state index in [4.69, 9.17) is 5.73 Å². The lowest BCUT2D eigenvalue weighted by atomic mass is 10.2. The zero-order valence-corrected chi connectivity index (χ0v) is 10.2. The monoisotopic (exact) mass is 240 g/mol. The molecule has 1 saturated carbocycles. The zero-order chi connectivity index (χ0) is 12.4. The Kier molecular flexibility index (Phi) is 2.84. The molecule has 0 bridgehead atoms. The molecule has 2 aromatic rings. The Bertz CT molecular complexity index is 522. The normalized spacial score (nSPS) is 14.4. The van der Waals surface area contributed by atoms with Gasteiger partial charge in [0.15, 0.2) is 0 Å². The van der Waals surface area contributed by atoms with E-state index in [1.807, 2.05) is 24.4 Å². The summed E-state index contributed by atoms with van der Waals surface area (Å²) in [5.74, 6) is 0.947. The Morgan fingerprint density at radius 1 is 1.28 bits per heavy atom. The average molecular weight is 240 g/mol. The van der Waals surface area contributed by atoms with Crippen molar-refractivity contribution >= 4 is 11.5 Å². The standard InChI is InChI=1S/C14H16N4/c15-12-3-1-2-11(8-12)10-18(13-4-5-13)14-9-16-6-7-17-14/h1-3,6-9,13H,4-5,10,15H2. The van der Waals surface area contributed by atoms with Gasteiger partial charge in [-0.2, -0.15) is 0 Å². The Balaban J connectivity index is 1.83. The van der Waals surface area contributed by atoms with Crippen LogP contribution in [0, 0.1) is 0 Å². The van der Waals surface area contributed by atoms with Gasteiger partial charge in [-0.25, -0.2) is 4.98 Å². The minimum absolute atomic E-state index is 0.600. The largest absolute Gasteiger partial charge is 0.399 e. The van der Waals surface area contributed by atoms with Crippen LogP contribution in [0.25, 0.3) is 0 Å². The number of hydrogen-bond acceptors (Lipinski definition) is 4. The SMILES string of the molecule is Nc1cccc(CN(c2cnccn2)C2CC2)c1. The van der Waals surface area contributed by atoms with Gasteiger partial charge in [0.05, 0.1) is 6.20 Å². The van der Waals surface area contributed by atoms with E-state index in [0.29, 0.717) is 6.04 Å². The van der Waals surface area contributed by atoms with Crippen LogP contribution in [0.5, 0.6) is 0 Å². The molecule has 0 aliphatic heterocycles. The summed E-state index contributed by atoms with van der Waals surface area (Å²) in [6, 6.07) is 8.62. The first-order chi connectivity index (χ1) is 8.83. The van der Waals surface area contributed by atoms with Crippen LogP contribution in [0.1, 0.15) is 18.4 Å². The predicted molar refractivity (Wildman–Crippen MR) is 72.1 cm³/mol. The van der Waals surface area contributed by atoms with Gasteiger partial charge >= 0.3 is 0 Å². The van der Waals surface area contributed by atoms with Crippen molar-refractivity contribution in [1.29, 1.82) is 0 Å². The molecular weight excluding hydrogens is 224 g/mol. The van der Waals surface area contributed by atoms with Gasteiger partial charge in [-0.05, 0) is 30.5 Å². The molecule has 1 heterocycles. The first-order valence-electron chi connectivity index (χ1n) is 6.20. The fourth-order valence-corrected chi connectivity index (χ4v) is 2.11. The predicted octanol–water partition coefficient (Wildman–Crippen LogP) is 2.23. The number of anilines is 2. The minimum Gasteiger partial charge on any atom is -0.399 e. The molecule has 0 spiro atoms. The number of rotatable bonds is 4. The van der Waals surface area contributed by atoms with Gasteiger partial charge in [0.25, 0.3) is 0 Å². The molecule has 3 rings (SSSR count). The third-order valence-electron chi connectivity index (χ3n) is 3.14. The summed E-state index contributed by atoms with van der Waals surface area (Å²) in [7, 11) is 0. The van der Waals surface area contributed by atoms with Crippen molar-refractivity contribution in [3.05, 3.63) is 48.4 Å². The Labute approximate surface area is 106 Å². The summed E-state index contributed by atoms with van der Waals surface area (Å²) >= 11 is 0. The molecule has 2 N–H and O–H groups in total. The lowest BCUT2D eigenvalue weighted by Crippen LogP contribution is -2.26. The van der Waals surface area contributed by atoms with Crippen LogP contribution in [0.3, 0.4) is 0 Å². The highest BCUT2D eigenvalue weighted by Crippen LogP contribution is 2.31. The van der Waals surface area contributed by atoms with Crippen molar-refractivity contribution < 1.29 is 0 Å². The highest BCUT2D eigenvalue weighted by atomic mass is 15.2. The second-order valence-corrected chi connectivity index (χ2v) is 4.67. The van der Waals surface area contributed by atoms with E-state index in [9.17, 15) is 0 Å². The molecule has 4 heteroatoms. The third-order valence-corrected chi connectivity index (χ3v) is 3.14. The van der Waals surface area contributed by atoms with E-state index in [2.05, 4.69) is 20.9 Å². The summed E-state index contributed by atoms with van der Waals surface area (Å²) in [5.41, 5.74) is 7.84. The topological polar surface area (TPSA) is 55.0 Å². The maximum atomic E-state index is 5.82. The molecular formula is C14H16N4. The number of aromatic nitrogens is 2. The van der Waals surface area contributed by atoms with Gasteiger partial charge in [-0.3, -0.25) is 4.98 Å². The van der Waals surface area contributed by atoms with Crippen LogP contribution in [0.4, 0.5) is 11.5 Å². The van der Waals surface area contributed by atoms with Gasteiger partial charge in [0, 0.05) is 30.7 Å². The maximum Gasteiger partial charge on any atom is 0.147 e. The van der Waals surface area contributed by atoms with E-state index in [1.54, 1.807) is 12.4 Å². The first-order valence-corrected chi connectivity index (χ1v) is 6.20. The molecule has 0 atom stereocenters. The van der Waals surface area contributed by atoms with E-state index < -0.39 is 0 Å². The third kappa shape index (κ3) is 2.42. The molecule has 1 aromatic heterocycles. The van der Waals surface area contributed by atoms with Gasteiger partial charge in [0.2, 0.25) is 0 Å². The van der Waals surface area contributed by atoms with Crippen molar-refractivity contribution in [2.75, 3.05) is 10.6 Å². The Hall–Kier alpha value is -2.10. The van der Waals surface area contributed by atoms with Gasteiger partial charge in [-0.1, -0.05) is 12.1 Å².